The highest BCUT2D eigenvalue weighted by Crippen LogP contribution is 2.38. The number of nitrogens with one attached hydrogen (secondary N) is 1. The summed E-state index contributed by atoms with van der Waals surface area (Å²) in [6, 6.07) is 10.1. The molecule has 0 bridgehead atoms. The molecule has 1 atom stereocenters. The molecule has 0 spiro atoms. The number of halogens is 2. The zero-order chi connectivity index (χ0) is 14.3. The SMILES string of the molecule is Cc1ccc2oc(C(NN)c3cc(Br)c(Br)s3)cc2c1. The van der Waals surface area contributed by atoms with Gasteiger partial charge in [0.1, 0.15) is 17.4 Å². The molecule has 3 aromatic rings. The lowest BCUT2D eigenvalue weighted by Crippen LogP contribution is -2.27. The maximum Gasteiger partial charge on any atom is 0.134 e. The van der Waals surface area contributed by atoms with Crippen LogP contribution in [0.1, 0.15) is 22.2 Å². The van der Waals surface area contributed by atoms with Crippen LogP contribution in [0.3, 0.4) is 0 Å². The number of furan rings is 1. The number of benzene rings is 1. The van der Waals surface area contributed by atoms with E-state index in [4.69, 9.17) is 10.3 Å². The molecule has 0 aliphatic rings. The average molecular weight is 416 g/mol. The van der Waals surface area contributed by atoms with Gasteiger partial charge in [0.25, 0.3) is 0 Å². The summed E-state index contributed by atoms with van der Waals surface area (Å²) < 4.78 is 7.97. The van der Waals surface area contributed by atoms with Crippen molar-refractivity contribution in [3.8, 4) is 0 Å². The van der Waals surface area contributed by atoms with Crippen LogP contribution in [0.25, 0.3) is 11.0 Å². The van der Waals surface area contributed by atoms with Gasteiger partial charge in [-0.1, -0.05) is 11.6 Å². The van der Waals surface area contributed by atoms with Gasteiger partial charge in [-0.25, -0.2) is 5.43 Å². The first kappa shape index (κ1) is 14.3. The highest BCUT2D eigenvalue weighted by molar-refractivity contribution is 9.13. The van der Waals surface area contributed by atoms with E-state index in [2.05, 4.69) is 50.3 Å². The van der Waals surface area contributed by atoms with Gasteiger partial charge < -0.3 is 4.42 Å². The minimum Gasteiger partial charge on any atom is -0.459 e. The molecular weight excluding hydrogens is 404 g/mol. The second-order valence-electron chi connectivity index (χ2n) is 4.56. The Balaban J connectivity index is 2.06. The molecule has 0 saturated carbocycles. The molecule has 3 N–H and O–H groups in total. The van der Waals surface area contributed by atoms with Crippen molar-refractivity contribution in [2.24, 2.45) is 5.84 Å². The van der Waals surface area contributed by atoms with Crippen molar-refractivity contribution < 1.29 is 4.42 Å². The third-order valence-electron chi connectivity index (χ3n) is 3.09. The van der Waals surface area contributed by atoms with Gasteiger partial charge in [-0.2, -0.15) is 0 Å². The first-order valence-electron chi connectivity index (χ1n) is 5.99. The molecule has 0 amide bonds. The van der Waals surface area contributed by atoms with E-state index < -0.39 is 0 Å². The van der Waals surface area contributed by atoms with Gasteiger partial charge in [0.15, 0.2) is 0 Å². The predicted octanol–water partition coefficient (Wildman–Crippen LogP) is 4.88. The first-order chi connectivity index (χ1) is 9.58. The third-order valence-corrected chi connectivity index (χ3v) is 6.41. The predicted molar refractivity (Wildman–Crippen MR) is 89.8 cm³/mol. The second kappa shape index (κ2) is 5.61. The maximum absolute atomic E-state index is 5.91. The Morgan fingerprint density at radius 1 is 1.25 bits per heavy atom. The van der Waals surface area contributed by atoms with Gasteiger partial charge in [0.05, 0.1) is 3.79 Å². The third kappa shape index (κ3) is 2.58. The molecule has 3 nitrogen and oxygen atoms in total. The largest absolute Gasteiger partial charge is 0.459 e. The molecule has 0 aliphatic heterocycles. The van der Waals surface area contributed by atoms with Crippen molar-refractivity contribution in [1.82, 2.24) is 5.43 Å². The lowest BCUT2D eigenvalue weighted by atomic mass is 10.1. The Hall–Kier alpha value is -0.660. The van der Waals surface area contributed by atoms with Crippen LogP contribution in [-0.4, -0.2) is 0 Å². The van der Waals surface area contributed by atoms with Crippen LogP contribution in [0.2, 0.25) is 0 Å². The highest BCUT2D eigenvalue weighted by Gasteiger charge is 2.20. The Bertz CT molecular complexity index is 746. The van der Waals surface area contributed by atoms with Gasteiger partial charge in [0.2, 0.25) is 0 Å². The molecule has 2 heterocycles. The Morgan fingerprint density at radius 3 is 2.70 bits per heavy atom. The van der Waals surface area contributed by atoms with Crippen molar-refractivity contribution in [2.45, 2.75) is 13.0 Å². The maximum atomic E-state index is 5.91. The van der Waals surface area contributed by atoms with Crippen LogP contribution in [0.15, 0.2) is 43.0 Å². The fraction of sp³-hybridized carbons (Fsp3) is 0.143. The smallest absolute Gasteiger partial charge is 0.134 e. The molecule has 1 unspecified atom stereocenters. The summed E-state index contributed by atoms with van der Waals surface area (Å²) in [5, 5.41) is 1.09. The molecule has 6 heteroatoms. The van der Waals surface area contributed by atoms with E-state index in [9.17, 15) is 0 Å². The fourth-order valence-electron chi connectivity index (χ4n) is 2.14. The molecule has 0 fully saturated rings. The van der Waals surface area contributed by atoms with Crippen molar-refractivity contribution in [1.29, 1.82) is 0 Å². The molecular formula is C14H12Br2N2OS. The van der Waals surface area contributed by atoms with Gasteiger partial charge in [-0.15, -0.1) is 11.3 Å². The van der Waals surface area contributed by atoms with Crippen LogP contribution in [-0.2, 0) is 0 Å². The van der Waals surface area contributed by atoms with E-state index in [1.54, 1.807) is 11.3 Å². The number of hydrogen-bond acceptors (Lipinski definition) is 4. The minimum atomic E-state index is -0.157. The molecule has 0 radical (unpaired) electrons. The lowest BCUT2D eigenvalue weighted by Gasteiger charge is -2.10. The Morgan fingerprint density at radius 2 is 2.05 bits per heavy atom. The van der Waals surface area contributed by atoms with Gasteiger partial charge >= 0.3 is 0 Å². The van der Waals surface area contributed by atoms with Crippen molar-refractivity contribution in [2.75, 3.05) is 0 Å². The standard InChI is InChI=1S/C14H12Br2N2OS/c1-7-2-3-10-8(4-7)5-11(19-10)13(18-17)12-6-9(15)14(16)20-12/h2-6,13,18H,17H2,1H3. The van der Waals surface area contributed by atoms with E-state index in [1.165, 1.54) is 5.56 Å². The zero-order valence-electron chi connectivity index (χ0n) is 10.6. The topological polar surface area (TPSA) is 51.2 Å². The Labute approximate surface area is 137 Å². The number of nitrogens with two attached hydrogens (primary N) is 1. The number of hydrogen-bond donors (Lipinski definition) is 2. The van der Waals surface area contributed by atoms with Gasteiger partial charge in [0, 0.05) is 14.7 Å². The molecule has 1 aromatic carbocycles. The number of fused-ring (bicyclic) bond motifs is 1. The second-order valence-corrected chi connectivity index (χ2v) is 7.82. The normalized spacial score (nSPS) is 13.0. The van der Waals surface area contributed by atoms with E-state index in [0.29, 0.717) is 0 Å². The summed E-state index contributed by atoms with van der Waals surface area (Å²) in [5.74, 6) is 6.53. The van der Waals surface area contributed by atoms with Crippen molar-refractivity contribution in [3.63, 3.8) is 0 Å². The summed E-state index contributed by atoms with van der Waals surface area (Å²) in [5.41, 5.74) is 4.91. The number of aryl methyl sites for hydroxylation is 1. The highest BCUT2D eigenvalue weighted by atomic mass is 79.9. The summed E-state index contributed by atoms with van der Waals surface area (Å²) in [6.45, 7) is 2.07. The summed E-state index contributed by atoms with van der Waals surface area (Å²) in [7, 11) is 0. The number of thiophene rings is 1. The summed E-state index contributed by atoms with van der Waals surface area (Å²) in [6.07, 6.45) is 0. The summed E-state index contributed by atoms with van der Waals surface area (Å²) in [4.78, 5) is 1.09. The van der Waals surface area contributed by atoms with E-state index in [-0.39, 0.29) is 6.04 Å². The van der Waals surface area contributed by atoms with Crippen molar-refractivity contribution in [3.05, 3.63) is 54.8 Å². The van der Waals surface area contributed by atoms with Crippen LogP contribution in [0, 0.1) is 6.92 Å². The average Bonchev–Trinajstić information content (AvgIpc) is 2.95. The van der Waals surface area contributed by atoms with Crippen LogP contribution in [0.4, 0.5) is 0 Å². The lowest BCUT2D eigenvalue weighted by molar-refractivity contribution is 0.481. The molecule has 2 aromatic heterocycles. The molecule has 3 rings (SSSR count). The monoisotopic (exact) mass is 414 g/mol. The molecule has 0 saturated heterocycles. The quantitative estimate of drug-likeness (QED) is 0.473. The van der Waals surface area contributed by atoms with Gasteiger partial charge in [-0.05, 0) is 63.0 Å². The number of hydrazine groups is 1. The van der Waals surface area contributed by atoms with E-state index in [0.717, 1.165) is 29.9 Å². The van der Waals surface area contributed by atoms with E-state index >= 15 is 0 Å². The minimum absolute atomic E-state index is 0.157. The molecule has 104 valence electrons. The molecule has 20 heavy (non-hydrogen) atoms. The fourth-order valence-corrected chi connectivity index (χ4v) is 4.29. The Kier molecular flexibility index (Phi) is 4.01. The van der Waals surface area contributed by atoms with Crippen LogP contribution >= 0.6 is 43.2 Å². The summed E-state index contributed by atoms with van der Waals surface area (Å²) >= 11 is 8.62. The zero-order valence-corrected chi connectivity index (χ0v) is 14.6. The van der Waals surface area contributed by atoms with E-state index in [1.807, 2.05) is 24.3 Å². The van der Waals surface area contributed by atoms with Crippen LogP contribution in [0.5, 0.6) is 0 Å². The van der Waals surface area contributed by atoms with Crippen LogP contribution < -0.4 is 11.3 Å². The molecule has 0 aliphatic carbocycles. The number of rotatable bonds is 3. The first-order valence-corrected chi connectivity index (χ1v) is 8.39. The van der Waals surface area contributed by atoms with Crippen molar-refractivity contribution >= 4 is 54.2 Å². The van der Waals surface area contributed by atoms with Gasteiger partial charge in [-0.3, -0.25) is 5.84 Å².